The summed E-state index contributed by atoms with van der Waals surface area (Å²) in [5.74, 6) is 0. The molecule has 114 valence electrons. The molecule has 0 aliphatic carbocycles. The number of fused-ring (bicyclic) bond motifs is 3. The summed E-state index contributed by atoms with van der Waals surface area (Å²) < 4.78 is 0. The van der Waals surface area contributed by atoms with E-state index in [0.717, 1.165) is 25.7 Å². The van der Waals surface area contributed by atoms with Crippen LogP contribution in [-0.2, 0) is 51.9 Å². The van der Waals surface area contributed by atoms with E-state index in [-0.39, 0.29) is 26.2 Å². The van der Waals surface area contributed by atoms with Crippen molar-refractivity contribution in [2.75, 3.05) is 0 Å². The molecule has 0 unspecified atom stereocenters. The predicted molar refractivity (Wildman–Crippen MR) is 94.6 cm³/mol. The maximum absolute atomic E-state index is 2.42. The SMILES string of the molecule is CCc1c(CC)c(CC)c2c([cH-]c3ccccc32)c1CC.[Zr]. The van der Waals surface area contributed by atoms with Crippen molar-refractivity contribution in [3.05, 3.63) is 52.6 Å². The van der Waals surface area contributed by atoms with Crippen LogP contribution in [0.5, 0.6) is 0 Å². The molecule has 3 aromatic rings. The topological polar surface area (TPSA) is 0 Å². The molecule has 0 atom stereocenters. The van der Waals surface area contributed by atoms with Gasteiger partial charge in [-0.25, -0.2) is 0 Å². The van der Waals surface area contributed by atoms with E-state index < -0.39 is 0 Å². The molecule has 0 radical (unpaired) electrons. The molecule has 0 fully saturated rings. The summed E-state index contributed by atoms with van der Waals surface area (Å²) in [6.07, 6.45) is 4.56. The van der Waals surface area contributed by atoms with Crippen LogP contribution in [0.1, 0.15) is 49.9 Å². The Balaban J connectivity index is 0.00000176. The van der Waals surface area contributed by atoms with E-state index in [0.29, 0.717) is 0 Å². The van der Waals surface area contributed by atoms with Crippen LogP contribution in [0.4, 0.5) is 0 Å². The average molecular weight is 369 g/mol. The van der Waals surface area contributed by atoms with Crippen molar-refractivity contribution in [1.29, 1.82) is 0 Å². The zero-order valence-corrected chi connectivity index (χ0v) is 16.7. The molecule has 0 spiro atoms. The van der Waals surface area contributed by atoms with Gasteiger partial charge in [-0.3, -0.25) is 0 Å². The van der Waals surface area contributed by atoms with E-state index in [1.54, 1.807) is 22.3 Å². The molecule has 1 heteroatoms. The summed E-state index contributed by atoms with van der Waals surface area (Å²) in [5, 5.41) is 5.87. The number of rotatable bonds is 4. The van der Waals surface area contributed by atoms with Crippen molar-refractivity contribution in [2.45, 2.75) is 53.4 Å². The van der Waals surface area contributed by atoms with E-state index in [1.165, 1.54) is 21.5 Å². The van der Waals surface area contributed by atoms with Crippen LogP contribution in [0.3, 0.4) is 0 Å². The quantitative estimate of drug-likeness (QED) is 0.498. The van der Waals surface area contributed by atoms with Gasteiger partial charge in [0, 0.05) is 26.2 Å². The fourth-order valence-corrected chi connectivity index (χ4v) is 4.11. The second-order valence-electron chi connectivity index (χ2n) is 5.85. The Morgan fingerprint density at radius 1 is 0.727 bits per heavy atom. The molecular weight excluding hydrogens is 343 g/mol. The van der Waals surface area contributed by atoms with E-state index >= 15 is 0 Å². The van der Waals surface area contributed by atoms with E-state index in [9.17, 15) is 0 Å². The summed E-state index contributed by atoms with van der Waals surface area (Å²) in [4.78, 5) is 0. The van der Waals surface area contributed by atoms with Gasteiger partial charge in [0.15, 0.2) is 0 Å². The molecule has 3 rings (SSSR count). The van der Waals surface area contributed by atoms with Crippen LogP contribution < -0.4 is 0 Å². The van der Waals surface area contributed by atoms with Crippen molar-refractivity contribution in [1.82, 2.24) is 0 Å². The Kier molecular flexibility index (Phi) is 5.72. The molecule has 3 aromatic carbocycles. The van der Waals surface area contributed by atoms with Crippen LogP contribution in [0, 0.1) is 0 Å². The first-order chi connectivity index (χ1) is 10.3. The summed E-state index contributed by atoms with van der Waals surface area (Å²) in [6, 6.07) is 11.3. The largest absolute Gasteiger partial charge is 0.126 e. The molecule has 0 aliphatic rings. The van der Waals surface area contributed by atoms with Crippen molar-refractivity contribution < 1.29 is 26.2 Å². The van der Waals surface area contributed by atoms with Gasteiger partial charge < -0.3 is 0 Å². The molecule has 0 N–H and O–H groups in total. The van der Waals surface area contributed by atoms with Gasteiger partial charge in [-0.05, 0) is 19.3 Å². The van der Waals surface area contributed by atoms with Crippen molar-refractivity contribution in [3.8, 4) is 0 Å². The molecule has 0 bridgehead atoms. The van der Waals surface area contributed by atoms with E-state index in [1.807, 2.05) is 0 Å². The molecule has 0 aromatic heterocycles. The van der Waals surface area contributed by atoms with Crippen LogP contribution >= 0.6 is 0 Å². The molecule has 0 heterocycles. The van der Waals surface area contributed by atoms with Gasteiger partial charge in [0.25, 0.3) is 0 Å². The molecule has 0 saturated carbocycles. The van der Waals surface area contributed by atoms with Gasteiger partial charge in [-0.1, -0.05) is 69.0 Å². The molecule has 0 aliphatic heterocycles. The monoisotopic (exact) mass is 367 g/mol. The predicted octanol–water partition coefficient (Wildman–Crippen LogP) is 5.96. The second-order valence-corrected chi connectivity index (χ2v) is 5.85. The van der Waals surface area contributed by atoms with Gasteiger partial charge in [-0.2, -0.15) is 0 Å². The van der Waals surface area contributed by atoms with Gasteiger partial charge in [0.2, 0.25) is 0 Å². The van der Waals surface area contributed by atoms with E-state index in [4.69, 9.17) is 0 Å². The first-order valence-corrected chi connectivity index (χ1v) is 8.40. The molecule has 0 nitrogen and oxygen atoms in total. The Bertz CT molecular complexity index is 793. The van der Waals surface area contributed by atoms with Crippen LogP contribution in [0.25, 0.3) is 21.5 Å². The number of hydrogen-bond acceptors (Lipinski definition) is 0. The van der Waals surface area contributed by atoms with Gasteiger partial charge in [-0.15, -0.1) is 39.2 Å². The zero-order chi connectivity index (χ0) is 15.0. The average Bonchev–Trinajstić information content (AvgIpc) is 2.91. The minimum absolute atomic E-state index is 0. The van der Waals surface area contributed by atoms with Crippen LogP contribution in [0.2, 0.25) is 0 Å². The molecule has 0 amide bonds. The van der Waals surface area contributed by atoms with Crippen molar-refractivity contribution in [2.24, 2.45) is 0 Å². The second kappa shape index (κ2) is 7.18. The Morgan fingerprint density at radius 2 is 1.27 bits per heavy atom. The summed E-state index contributed by atoms with van der Waals surface area (Å²) in [6.45, 7) is 9.23. The number of hydrogen-bond donors (Lipinski definition) is 0. The minimum atomic E-state index is 0. The van der Waals surface area contributed by atoms with Gasteiger partial charge in [0.05, 0.1) is 0 Å². The third kappa shape index (κ3) is 2.52. The molecule has 0 saturated heterocycles. The molecular formula is C21H25Zr-. The third-order valence-corrected chi connectivity index (χ3v) is 4.93. The maximum atomic E-state index is 2.42. The van der Waals surface area contributed by atoms with E-state index in [2.05, 4.69) is 58.0 Å². The first-order valence-electron chi connectivity index (χ1n) is 8.40. The van der Waals surface area contributed by atoms with Gasteiger partial charge in [0.1, 0.15) is 0 Å². The Morgan fingerprint density at radius 3 is 1.86 bits per heavy atom. The van der Waals surface area contributed by atoms with Crippen molar-refractivity contribution in [3.63, 3.8) is 0 Å². The standard InChI is InChI=1S/C21H25.Zr/c1-5-15-16(6-2)18(8-4)21-19-12-10-9-11-14(19)13-20(21)17(15)7-3;/h9-13H,5-8H2,1-4H3;/q-1;. The Hall–Kier alpha value is -0.807. The van der Waals surface area contributed by atoms with Crippen LogP contribution in [-0.4, -0.2) is 0 Å². The summed E-state index contributed by atoms with van der Waals surface area (Å²) >= 11 is 0. The minimum Gasteiger partial charge on any atom is -0.126 e. The maximum Gasteiger partial charge on any atom is 0 e. The first kappa shape index (κ1) is 17.5. The van der Waals surface area contributed by atoms with Crippen molar-refractivity contribution >= 4 is 21.5 Å². The summed E-state index contributed by atoms with van der Waals surface area (Å²) in [7, 11) is 0. The van der Waals surface area contributed by atoms with Crippen LogP contribution in [0.15, 0.2) is 30.3 Å². The summed E-state index contributed by atoms with van der Waals surface area (Å²) in [5.41, 5.74) is 6.39. The third-order valence-electron chi connectivity index (χ3n) is 4.93. The fourth-order valence-electron chi connectivity index (χ4n) is 4.11. The molecule has 22 heavy (non-hydrogen) atoms. The zero-order valence-electron chi connectivity index (χ0n) is 14.2. The van der Waals surface area contributed by atoms with Gasteiger partial charge >= 0.3 is 0 Å². The number of aryl methyl sites for hydroxylation is 2. The number of benzene rings is 2. The fraction of sp³-hybridized carbons (Fsp3) is 0.381. The Labute approximate surface area is 153 Å². The normalized spacial score (nSPS) is 11.1. The smallest absolute Gasteiger partial charge is 0 e.